The molecule has 0 spiro atoms. The van der Waals surface area contributed by atoms with Crippen LogP contribution in [0.2, 0.25) is 0 Å². The van der Waals surface area contributed by atoms with Crippen molar-refractivity contribution in [3.05, 3.63) is 11.4 Å². The first-order chi connectivity index (χ1) is 8.99. The average molecular weight is 266 g/mol. The Labute approximate surface area is 111 Å². The van der Waals surface area contributed by atoms with Gasteiger partial charge < -0.3 is 10.4 Å². The topological polar surface area (TPSA) is 97.1 Å². The van der Waals surface area contributed by atoms with Crippen LogP contribution in [0.3, 0.4) is 0 Å². The zero-order valence-corrected chi connectivity index (χ0v) is 11.1. The van der Waals surface area contributed by atoms with Crippen molar-refractivity contribution in [3.63, 3.8) is 0 Å². The fourth-order valence-corrected chi connectivity index (χ4v) is 1.86. The zero-order valence-electron chi connectivity index (χ0n) is 11.1. The lowest BCUT2D eigenvalue weighted by Crippen LogP contribution is -2.31. The number of carbonyl (C=O) groups excluding carboxylic acids is 1. The number of rotatable bonds is 6. The number of nitrogens with zero attached hydrogens (tertiary/aromatic N) is 3. The van der Waals surface area contributed by atoms with Gasteiger partial charge in [-0.15, -0.1) is 5.10 Å². The van der Waals surface area contributed by atoms with Gasteiger partial charge in [-0.1, -0.05) is 19.1 Å². The van der Waals surface area contributed by atoms with E-state index in [-0.39, 0.29) is 24.1 Å². The third-order valence-corrected chi connectivity index (χ3v) is 2.94. The van der Waals surface area contributed by atoms with E-state index in [1.165, 1.54) is 4.68 Å². The number of amides is 1. The van der Waals surface area contributed by atoms with Crippen LogP contribution >= 0.6 is 0 Å². The van der Waals surface area contributed by atoms with Gasteiger partial charge in [0.05, 0.1) is 5.69 Å². The largest absolute Gasteiger partial charge is 0.476 e. The van der Waals surface area contributed by atoms with Gasteiger partial charge in [0.15, 0.2) is 5.69 Å². The van der Waals surface area contributed by atoms with E-state index in [0.717, 1.165) is 12.8 Å². The summed E-state index contributed by atoms with van der Waals surface area (Å²) in [6.07, 6.45) is 1.86. The number of carboxylic acid groups (broad SMARTS) is 1. The van der Waals surface area contributed by atoms with Crippen molar-refractivity contribution in [1.29, 1.82) is 0 Å². The first kappa shape index (κ1) is 13.5. The molecule has 0 aliphatic heterocycles. The van der Waals surface area contributed by atoms with Crippen molar-refractivity contribution < 1.29 is 14.7 Å². The molecule has 7 heteroatoms. The van der Waals surface area contributed by atoms with E-state index < -0.39 is 5.97 Å². The molecule has 0 saturated heterocycles. The van der Waals surface area contributed by atoms with Gasteiger partial charge in [-0.05, 0) is 18.8 Å². The molecule has 2 rings (SSSR count). The summed E-state index contributed by atoms with van der Waals surface area (Å²) in [5.41, 5.74) is 0.548. The monoisotopic (exact) mass is 266 g/mol. The molecule has 0 bridgehead atoms. The van der Waals surface area contributed by atoms with Crippen LogP contribution in [0, 0.1) is 5.92 Å². The van der Waals surface area contributed by atoms with Gasteiger partial charge in [0.25, 0.3) is 0 Å². The van der Waals surface area contributed by atoms with Gasteiger partial charge in [0, 0.05) is 12.5 Å². The minimum absolute atomic E-state index is 0.0266. The second kappa shape index (κ2) is 5.38. The molecule has 1 amide bonds. The maximum atomic E-state index is 11.7. The third kappa shape index (κ3) is 3.30. The van der Waals surface area contributed by atoms with Crippen LogP contribution in [0.1, 0.15) is 48.8 Å². The molecule has 1 aromatic heterocycles. The predicted octanol–water partition coefficient (Wildman–Crippen LogP) is 0.626. The fraction of sp³-hybridized carbons (Fsp3) is 0.667. The van der Waals surface area contributed by atoms with Crippen LogP contribution in [0.5, 0.6) is 0 Å². The average Bonchev–Trinajstić information content (AvgIpc) is 3.08. The molecule has 19 heavy (non-hydrogen) atoms. The van der Waals surface area contributed by atoms with Crippen LogP contribution in [0.4, 0.5) is 0 Å². The second-order valence-corrected chi connectivity index (χ2v) is 5.26. The molecule has 0 radical (unpaired) electrons. The molecule has 0 atom stereocenters. The molecule has 2 N–H and O–H groups in total. The van der Waals surface area contributed by atoms with Crippen molar-refractivity contribution in [2.45, 2.75) is 39.2 Å². The van der Waals surface area contributed by atoms with Gasteiger partial charge in [-0.25, -0.2) is 9.48 Å². The number of nitrogens with one attached hydrogen (secondary N) is 1. The Morgan fingerprint density at radius 1 is 1.47 bits per heavy atom. The molecule has 1 saturated carbocycles. The lowest BCUT2D eigenvalue weighted by atomic mass is 10.2. The quantitative estimate of drug-likeness (QED) is 0.787. The molecule has 0 unspecified atom stereocenters. The number of carbonyl (C=O) groups is 2. The summed E-state index contributed by atoms with van der Waals surface area (Å²) in [6.45, 7) is 4.64. The SMILES string of the molecule is CC(C)CNC(=O)Cn1nnc(C(=O)O)c1C1CC1. The van der Waals surface area contributed by atoms with Gasteiger partial charge >= 0.3 is 5.97 Å². The highest BCUT2D eigenvalue weighted by atomic mass is 16.4. The minimum Gasteiger partial charge on any atom is -0.476 e. The Hall–Kier alpha value is -1.92. The van der Waals surface area contributed by atoms with E-state index in [4.69, 9.17) is 5.11 Å². The molecule has 7 nitrogen and oxygen atoms in total. The molecule has 104 valence electrons. The molecular formula is C12H18N4O3. The van der Waals surface area contributed by atoms with E-state index in [2.05, 4.69) is 15.6 Å². The highest BCUT2D eigenvalue weighted by Gasteiger charge is 2.34. The lowest BCUT2D eigenvalue weighted by molar-refractivity contribution is -0.122. The molecule has 1 aliphatic carbocycles. The van der Waals surface area contributed by atoms with Crippen molar-refractivity contribution in [3.8, 4) is 0 Å². The maximum Gasteiger partial charge on any atom is 0.358 e. The summed E-state index contributed by atoms with van der Waals surface area (Å²) in [5.74, 6) is -0.704. The van der Waals surface area contributed by atoms with E-state index >= 15 is 0 Å². The van der Waals surface area contributed by atoms with Gasteiger partial charge in [0.1, 0.15) is 6.54 Å². The third-order valence-electron chi connectivity index (χ3n) is 2.94. The Balaban J connectivity index is 2.08. The zero-order chi connectivity index (χ0) is 14.0. The Morgan fingerprint density at radius 3 is 2.68 bits per heavy atom. The number of aromatic carboxylic acids is 1. The Kier molecular flexibility index (Phi) is 3.82. The second-order valence-electron chi connectivity index (χ2n) is 5.26. The summed E-state index contributed by atoms with van der Waals surface area (Å²) in [6, 6.07) is 0. The van der Waals surface area contributed by atoms with Crippen LogP contribution in [0.25, 0.3) is 0 Å². The Morgan fingerprint density at radius 2 is 2.16 bits per heavy atom. The highest BCUT2D eigenvalue weighted by molar-refractivity contribution is 5.87. The molecule has 1 aromatic rings. The summed E-state index contributed by atoms with van der Waals surface area (Å²) < 4.78 is 1.41. The first-order valence-corrected chi connectivity index (χ1v) is 6.42. The van der Waals surface area contributed by atoms with E-state index in [1.54, 1.807) is 0 Å². The Bertz CT molecular complexity index is 491. The molecular weight excluding hydrogens is 248 g/mol. The van der Waals surface area contributed by atoms with Gasteiger partial charge in [-0.3, -0.25) is 4.79 Å². The first-order valence-electron chi connectivity index (χ1n) is 6.42. The normalized spacial score (nSPS) is 14.7. The van der Waals surface area contributed by atoms with Crippen molar-refractivity contribution in [2.24, 2.45) is 5.92 Å². The van der Waals surface area contributed by atoms with Crippen LogP contribution < -0.4 is 5.32 Å². The standard InChI is InChI=1S/C12H18N4O3/c1-7(2)5-13-9(17)6-16-11(8-3-4-8)10(12(18)19)14-15-16/h7-8H,3-6H2,1-2H3,(H,13,17)(H,18,19). The van der Waals surface area contributed by atoms with Crippen molar-refractivity contribution >= 4 is 11.9 Å². The summed E-state index contributed by atoms with van der Waals surface area (Å²) in [5, 5.41) is 19.3. The summed E-state index contributed by atoms with van der Waals surface area (Å²) in [4.78, 5) is 22.8. The fourth-order valence-electron chi connectivity index (χ4n) is 1.86. The highest BCUT2D eigenvalue weighted by Crippen LogP contribution is 2.41. The van der Waals surface area contributed by atoms with Crippen LogP contribution in [-0.2, 0) is 11.3 Å². The number of hydrogen-bond donors (Lipinski definition) is 2. The number of carboxylic acids is 1. The van der Waals surface area contributed by atoms with E-state index in [1.807, 2.05) is 13.8 Å². The minimum atomic E-state index is -1.09. The predicted molar refractivity (Wildman–Crippen MR) is 66.8 cm³/mol. The molecule has 1 fully saturated rings. The van der Waals surface area contributed by atoms with E-state index in [9.17, 15) is 9.59 Å². The number of hydrogen-bond acceptors (Lipinski definition) is 4. The smallest absolute Gasteiger partial charge is 0.358 e. The number of aromatic nitrogens is 3. The summed E-state index contributed by atoms with van der Waals surface area (Å²) >= 11 is 0. The lowest BCUT2D eigenvalue weighted by Gasteiger charge is -2.09. The summed E-state index contributed by atoms with van der Waals surface area (Å²) in [7, 11) is 0. The molecule has 1 heterocycles. The maximum absolute atomic E-state index is 11.7. The molecule has 0 aromatic carbocycles. The van der Waals surface area contributed by atoms with Gasteiger partial charge in [-0.2, -0.15) is 0 Å². The van der Waals surface area contributed by atoms with Crippen LogP contribution in [0.15, 0.2) is 0 Å². The van der Waals surface area contributed by atoms with Crippen molar-refractivity contribution in [2.75, 3.05) is 6.54 Å². The van der Waals surface area contributed by atoms with E-state index in [0.29, 0.717) is 18.2 Å². The van der Waals surface area contributed by atoms with Crippen molar-refractivity contribution in [1.82, 2.24) is 20.3 Å². The van der Waals surface area contributed by atoms with Gasteiger partial charge in [0.2, 0.25) is 5.91 Å². The molecule has 1 aliphatic rings. The van der Waals surface area contributed by atoms with Crippen LogP contribution in [-0.4, -0.2) is 38.5 Å².